The van der Waals surface area contributed by atoms with Crippen molar-refractivity contribution in [1.29, 1.82) is 5.26 Å². The van der Waals surface area contributed by atoms with E-state index in [2.05, 4.69) is 6.07 Å². The van der Waals surface area contributed by atoms with Crippen LogP contribution in [0, 0.1) is 17.1 Å². The standard InChI is InChI=1S/C24H20FNO3/c1-27-23-11-8-19(14-24(23)28-2)20(15-26)12-18-4-3-5-22(13-18)29-16-17-6-9-21(25)10-7-17/h3-14H,16H2,1-2H3/b20-12+. The zero-order valence-electron chi connectivity index (χ0n) is 16.2. The zero-order valence-corrected chi connectivity index (χ0v) is 16.2. The lowest BCUT2D eigenvalue weighted by Gasteiger charge is -2.09. The number of nitriles is 1. The van der Waals surface area contributed by atoms with E-state index in [1.165, 1.54) is 12.1 Å². The maximum atomic E-state index is 13.0. The summed E-state index contributed by atoms with van der Waals surface area (Å²) in [5.41, 5.74) is 2.91. The molecule has 0 spiro atoms. The Morgan fingerprint density at radius 3 is 2.41 bits per heavy atom. The van der Waals surface area contributed by atoms with Gasteiger partial charge in [0.25, 0.3) is 0 Å². The molecular weight excluding hydrogens is 369 g/mol. The van der Waals surface area contributed by atoms with Crippen molar-refractivity contribution in [1.82, 2.24) is 0 Å². The van der Waals surface area contributed by atoms with Crippen LogP contribution in [-0.2, 0) is 6.61 Å². The molecule has 0 heterocycles. The van der Waals surface area contributed by atoms with E-state index in [4.69, 9.17) is 14.2 Å². The van der Waals surface area contributed by atoms with Crippen LogP contribution in [0.5, 0.6) is 17.2 Å². The van der Waals surface area contributed by atoms with Gasteiger partial charge in [-0.25, -0.2) is 4.39 Å². The largest absolute Gasteiger partial charge is 0.493 e. The first-order valence-electron chi connectivity index (χ1n) is 8.94. The molecule has 3 rings (SSSR count). The van der Waals surface area contributed by atoms with Crippen molar-refractivity contribution in [2.75, 3.05) is 14.2 Å². The van der Waals surface area contributed by atoms with Crippen LogP contribution in [0.25, 0.3) is 11.6 Å². The van der Waals surface area contributed by atoms with Crippen LogP contribution < -0.4 is 14.2 Å². The molecule has 3 aromatic rings. The summed E-state index contributed by atoms with van der Waals surface area (Å²) in [4.78, 5) is 0. The molecule has 0 bridgehead atoms. The number of methoxy groups -OCH3 is 2. The van der Waals surface area contributed by atoms with Crippen molar-refractivity contribution >= 4 is 11.6 Å². The number of hydrogen-bond donors (Lipinski definition) is 0. The van der Waals surface area contributed by atoms with Gasteiger partial charge in [0.05, 0.1) is 25.9 Å². The highest BCUT2D eigenvalue weighted by Gasteiger charge is 2.08. The Morgan fingerprint density at radius 1 is 0.966 bits per heavy atom. The van der Waals surface area contributed by atoms with Crippen molar-refractivity contribution in [3.05, 3.63) is 89.2 Å². The van der Waals surface area contributed by atoms with Gasteiger partial charge in [0.15, 0.2) is 11.5 Å². The second-order valence-electron chi connectivity index (χ2n) is 6.23. The molecule has 0 aliphatic rings. The van der Waals surface area contributed by atoms with Gasteiger partial charge in [0.1, 0.15) is 18.2 Å². The summed E-state index contributed by atoms with van der Waals surface area (Å²) < 4.78 is 29.3. The molecule has 0 aromatic heterocycles. The predicted octanol–water partition coefficient (Wildman–Crippen LogP) is 5.49. The van der Waals surface area contributed by atoms with Crippen LogP contribution >= 0.6 is 0 Å². The van der Waals surface area contributed by atoms with Crippen molar-refractivity contribution in [2.45, 2.75) is 6.61 Å². The summed E-state index contributed by atoms with van der Waals surface area (Å²) >= 11 is 0. The van der Waals surface area contributed by atoms with E-state index in [1.54, 1.807) is 44.6 Å². The van der Waals surface area contributed by atoms with Gasteiger partial charge >= 0.3 is 0 Å². The summed E-state index contributed by atoms with van der Waals surface area (Å²) in [6.07, 6.45) is 1.78. The van der Waals surface area contributed by atoms with Gasteiger partial charge in [-0.2, -0.15) is 5.26 Å². The van der Waals surface area contributed by atoms with Crippen molar-refractivity contribution in [3.8, 4) is 23.3 Å². The molecular formula is C24H20FNO3. The van der Waals surface area contributed by atoms with E-state index < -0.39 is 0 Å². The molecule has 0 N–H and O–H groups in total. The molecule has 0 saturated heterocycles. The van der Waals surface area contributed by atoms with Gasteiger partial charge in [0, 0.05) is 0 Å². The van der Waals surface area contributed by atoms with Gasteiger partial charge in [-0.1, -0.05) is 24.3 Å². The first-order chi connectivity index (χ1) is 14.1. The lowest BCUT2D eigenvalue weighted by Crippen LogP contribution is -1.95. The van der Waals surface area contributed by atoms with Gasteiger partial charge < -0.3 is 14.2 Å². The second-order valence-corrected chi connectivity index (χ2v) is 6.23. The van der Waals surface area contributed by atoms with E-state index >= 15 is 0 Å². The minimum Gasteiger partial charge on any atom is -0.493 e. The molecule has 0 aliphatic carbocycles. The summed E-state index contributed by atoms with van der Waals surface area (Å²) in [6.45, 7) is 0.328. The maximum absolute atomic E-state index is 13.0. The molecule has 29 heavy (non-hydrogen) atoms. The Hall–Kier alpha value is -3.78. The Kier molecular flexibility index (Phi) is 6.49. The molecule has 0 unspecified atom stereocenters. The van der Waals surface area contributed by atoms with Crippen LogP contribution in [0.1, 0.15) is 16.7 Å². The Labute approximate surface area is 169 Å². The number of benzene rings is 3. The first kappa shape index (κ1) is 20.0. The SMILES string of the molecule is COc1ccc(/C(C#N)=C/c2cccc(OCc3ccc(F)cc3)c2)cc1OC. The number of nitrogens with zero attached hydrogens (tertiary/aromatic N) is 1. The van der Waals surface area contributed by atoms with E-state index in [1.807, 2.05) is 30.3 Å². The molecule has 3 aromatic carbocycles. The molecule has 146 valence electrons. The molecule has 0 atom stereocenters. The fourth-order valence-electron chi connectivity index (χ4n) is 2.79. The maximum Gasteiger partial charge on any atom is 0.161 e. The molecule has 4 nitrogen and oxygen atoms in total. The van der Waals surface area contributed by atoms with Gasteiger partial charge in [0.2, 0.25) is 0 Å². The van der Waals surface area contributed by atoms with Crippen LogP contribution in [0.4, 0.5) is 4.39 Å². The van der Waals surface area contributed by atoms with Crippen LogP contribution in [0.2, 0.25) is 0 Å². The predicted molar refractivity (Wildman–Crippen MR) is 110 cm³/mol. The summed E-state index contributed by atoms with van der Waals surface area (Å²) in [5, 5.41) is 9.62. The minimum atomic E-state index is -0.278. The normalized spacial score (nSPS) is 10.9. The number of allylic oxidation sites excluding steroid dienone is 1. The second kappa shape index (κ2) is 9.43. The van der Waals surface area contributed by atoms with Crippen molar-refractivity contribution < 1.29 is 18.6 Å². The van der Waals surface area contributed by atoms with Crippen LogP contribution in [0.3, 0.4) is 0 Å². The summed E-state index contributed by atoms with van der Waals surface area (Å²) in [7, 11) is 3.12. The van der Waals surface area contributed by atoms with Crippen molar-refractivity contribution in [3.63, 3.8) is 0 Å². The van der Waals surface area contributed by atoms with E-state index in [9.17, 15) is 9.65 Å². The monoisotopic (exact) mass is 389 g/mol. The average Bonchev–Trinajstić information content (AvgIpc) is 2.77. The highest BCUT2D eigenvalue weighted by Crippen LogP contribution is 2.31. The Balaban J connectivity index is 1.80. The lowest BCUT2D eigenvalue weighted by molar-refractivity contribution is 0.306. The number of rotatable bonds is 7. The number of ether oxygens (including phenoxy) is 3. The Bertz CT molecular complexity index is 1050. The highest BCUT2D eigenvalue weighted by atomic mass is 19.1. The number of halogens is 1. The highest BCUT2D eigenvalue weighted by molar-refractivity contribution is 5.90. The van der Waals surface area contributed by atoms with E-state index in [0.29, 0.717) is 29.4 Å². The van der Waals surface area contributed by atoms with Crippen molar-refractivity contribution in [2.24, 2.45) is 0 Å². The average molecular weight is 389 g/mol. The molecule has 0 fully saturated rings. The van der Waals surface area contributed by atoms with Gasteiger partial charge in [-0.3, -0.25) is 0 Å². The molecule has 5 heteroatoms. The minimum absolute atomic E-state index is 0.278. The third kappa shape index (κ3) is 5.14. The zero-order chi connectivity index (χ0) is 20.6. The van der Waals surface area contributed by atoms with E-state index in [-0.39, 0.29) is 5.82 Å². The van der Waals surface area contributed by atoms with Gasteiger partial charge in [-0.15, -0.1) is 0 Å². The summed E-state index contributed by atoms with van der Waals surface area (Å²) in [5.74, 6) is 1.54. The molecule has 0 radical (unpaired) electrons. The first-order valence-corrected chi connectivity index (χ1v) is 8.94. The molecule has 0 amide bonds. The summed E-state index contributed by atoms with van der Waals surface area (Å²) in [6, 6.07) is 21.2. The quantitative estimate of drug-likeness (QED) is 0.396. The van der Waals surface area contributed by atoms with Crippen LogP contribution in [-0.4, -0.2) is 14.2 Å². The third-order valence-electron chi connectivity index (χ3n) is 4.30. The smallest absolute Gasteiger partial charge is 0.161 e. The molecule has 0 saturated carbocycles. The topological polar surface area (TPSA) is 51.5 Å². The molecule has 0 aliphatic heterocycles. The lowest BCUT2D eigenvalue weighted by atomic mass is 10.0. The van der Waals surface area contributed by atoms with Gasteiger partial charge in [-0.05, 0) is 65.2 Å². The fraction of sp³-hybridized carbons (Fsp3) is 0.125. The van der Waals surface area contributed by atoms with E-state index in [0.717, 1.165) is 16.7 Å². The Morgan fingerprint density at radius 2 is 1.72 bits per heavy atom. The third-order valence-corrected chi connectivity index (χ3v) is 4.30. The fourth-order valence-corrected chi connectivity index (χ4v) is 2.79. The number of hydrogen-bond acceptors (Lipinski definition) is 4. The van der Waals surface area contributed by atoms with Crippen LogP contribution in [0.15, 0.2) is 66.7 Å².